The van der Waals surface area contributed by atoms with Gasteiger partial charge in [-0.15, -0.1) is 12.4 Å². The molecule has 0 aliphatic carbocycles. The molecule has 1 N–H and O–H groups in total. The van der Waals surface area contributed by atoms with Gasteiger partial charge in [0.05, 0.1) is 0 Å². The summed E-state index contributed by atoms with van der Waals surface area (Å²) >= 11 is 0. The Balaban J connectivity index is 0.00000192. The maximum Gasteiger partial charge on any atom is 0.289 e. The first kappa shape index (κ1) is 17.5. The molecule has 1 aliphatic heterocycles. The first-order valence-corrected chi connectivity index (χ1v) is 7.50. The van der Waals surface area contributed by atoms with E-state index in [0.717, 1.165) is 31.5 Å². The fraction of sp³-hybridized carbons (Fsp3) is 0.353. The van der Waals surface area contributed by atoms with Crippen LogP contribution in [0, 0.1) is 5.82 Å². The van der Waals surface area contributed by atoms with E-state index >= 15 is 0 Å². The van der Waals surface area contributed by atoms with E-state index in [1.807, 2.05) is 11.9 Å². The minimum Gasteiger partial charge on any atom is -0.451 e. The second-order valence-electron chi connectivity index (χ2n) is 5.52. The lowest BCUT2D eigenvalue weighted by molar-refractivity contribution is 0.0705. The molecule has 6 heteroatoms. The summed E-state index contributed by atoms with van der Waals surface area (Å²) in [5.41, 5.74) is 0.758. The maximum absolute atomic E-state index is 13.0. The number of rotatable bonds is 4. The van der Waals surface area contributed by atoms with Crippen LogP contribution >= 0.6 is 12.4 Å². The number of carbonyl (C=O) groups is 1. The molecule has 1 saturated heterocycles. The normalized spacial score (nSPS) is 17.1. The van der Waals surface area contributed by atoms with Gasteiger partial charge in [-0.1, -0.05) is 0 Å². The molecule has 23 heavy (non-hydrogen) atoms. The molecule has 4 nitrogen and oxygen atoms in total. The Morgan fingerprint density at radius 1 is 1.30 bits per heavy atom. The summed E-state index contributed by atoms with van der Waals surface area (Å²) in [7, 11) is 1.89. The van der Waals surface area contributed by atoms with Crippen molar-refractivity contribution in [2.24, 2.45) is 0 Å². The molecule has 2 heterocycles. The monoisotopic (exact) mass is 338 g/mol. The zero-order valence-electron chi connectivity index (χ0n) is 12.9. The van der Waals surface area contributed by atoms with Gasteiger partial charge in [-0.3, -0.25) is 4.79 Å². The molecule has 1 aromatic heterocycles. The van der Waals surface area contributed by atoms with Gasteiger partial charge in [-0.2, -0.15) is 0 Å². The molecule has 0 saturated carbocycles. The summed E-state index contributed by atoms with van der Waals surface area (Å²) in [6, 6.07) is 9.70. The van der Waals surface area contributed by atoms with Crippen LogP contribution in [0.3, 0.4) is 0 Å². The summed E-state index contributed by atoms with van der Waals surface area (Å²) in [4.78, 5) is 14.4. The maximum atomic E-state index is 13.0. The van der Waals surface area contributed by atoms with Gasteiger partial charge in [0.1, 0.15) is 11.6 Å². The van der Waals surface area contributed by atoms with Gasteiger partial charge in [0.25, 0.3) is 5.91 Å². The molecule has 0 spiro atoms. The molecule has 1 amide bonds. The molecular formula is C17H20ClFN2O2. The van der Waals surface area contributed by atoms with Crippen LogP contribution in [0.4, 0.5) is 4.39 Å². The minimum atomic E-state index is -0.293. The van der Waals surface area contributed by atoms with E-state index in [4.69, 9.17) is 4.42 Å². The van der Waals surface area contributed by atoms with E-state index in [0.29, 0.717) is 11.5 Å². The highest BCUT2D eigenvalue weighted by molar-refractivity contribution is 5.92. The van der Waals surface area contributed by atoms with Crippen molar-refractivity contribution >= 4 is 18.3 Å². The second-order valence-corrected chi connectivity index (χ2v) is 5.52. The van der Waals surface area contributed by atoms with Crippen LogP contribution in [-0.2, 0) is 0 Å². The smallest absolute Gasteiger partial charge is 0.289 e. The van der Waals surface area contributed by atoms with E-state index in [1.165, 1.54) is 12.1 Å². The first-order valence-electron chi connectivity index (χ1n) is 7.50. The number of amides is 1. The van der Waals surface area contributed by atoms with E-state index in [9.17, 15) is 9.18 Å². The van der Waals surface area contributed by atoms with Crippen molar-refractivity contribution in [3.8, 4) is 11.3 Å². The largest absolute Gasteiger partial charge is 0.451 e. The van der Waals surface area contributed by atoms with Crippen LogP contribution in [0.2, 0.25) is 0 Å². The van der Waals surface area contributed by atoms with Crippen molar-refractivity contribution in [1.29, 1.82) is 0 Å². The molecule has 3 rings (SSSR count). The Bertz CT molecular complexity index is 657. The fourth-order valence-electron chi connectivity index (χ4n) is 2.91. The van der Waals surface area contributed by atoms with Crippen LogP contribution in [-0.4, -0.2) is 37.0 Å². The van der Waals surface area contributed by atoms with Gasteiger partial charge >= 0.3 is 0 Å². The Hall–Kier alpha value is -1.85. The number of hydrogen-bond donors (Lipinski definition) is 1. The Kier molecular flexibility index (Phi) is 5.80. The number of carbonyl (C=O) groups excluding carboxylic acids is 1. The highest BCUT2D eigenvalue weighted by Crippen LogP contribution is 2.25. The van der Waals surface area contributed by atoms with Gasteiger partial charge < -0.3 is 14.6 Å². The Morgan fingerprint density at radius 2 is 2.04 bits per heavy atom. The van der Waals surface area contributed by atoms with Crippen molar-refractivity contribution in [1.82, 2.24) is 10.2 Å². The summed E-state index contributed by atoms with van der Waals surface area (Å²) in [6.45, 7) is 1.55. The molecule has 1 aromatic carbocycles. The van der Waals surface area contributed by atoms with Crippen LogP contribution in [0.5, 0.6) is 0 Å². The van der Waals surface area contributed by atoms with Crippen molar-refractivity contribution in [2.45, 2.75) is 18.9 Å². The third-order valence-corrected chi connectivity index (χ3v) is 4.02. The summed E-state index contributed by atoms with van der Waals surface area (Å²) in [5, 5.41) is 3.12. The minimum absolute atomic E-state index is 0. The predicted octanol–water partition coefficient (Wildman–Crippen LogP) is 3.33. The van der Waals surface area contributed by atoms with Gasteiger partial charge in [-0.25, -0.2) is 4.39 Å². The number of nitrogens with zero attached hydrogens (tertiary/aromatic N) is 1. The number of hydrogen-bond acceptors (Lipinski definition) is 3. The topological polar surface area (TPSA) is 45.5 Å². The van der Waals surface area contributed by atoms with Gasteiger partial charge in [-0.05, 0) is 56.3 Å². The summed E-state index contributed by atoms with van der Waals surface area (Å²) < 4.78 is 18.6. The van der Waals surface area contributed by atoms with Crippen molar-refractivity contribution in [3.63, 3.8) is 0 Å². The fourth-order valence-corrected chi connectivity index (χ4v) is 2.91. The molecule has 0 radical (unpaired) electrons. The van der Waals surface area contributed by atoms with Crippen LogP contribution < -0.4 is 5.32 Å². The molecule has 124 valence electrons. The molecule has 1 aliphatic rings. The second kappa shape index (κ2) is 7.62. The zero-order valence-corrected chi connectivity index (χ0v) is 13.7. The van der Waals surface area contributed by atoms with Crippen LogP contribution in [0.25, 0.3) is 11.3 Å². The van der Waals surface area contributed by atoms with E-state index in [1.54, 1.807) is 24.3 Å². The molecule has 0 bridgehead atoms. The van der Waals surface area contributed by atoms with Crippen molar-refractivity contribution in [3.05, 3.63) is 48.0 Å². The zero-order chi connectivity index (χ0) is 15.5. The van der Waals surface area contributed by atoms with Crippen molar-refractivity contribution in [2.75, 3.05) is 20.1 Å². The SMILES string of the molecule is CNCC1CCCN1C(=O)c1ccc(-c2ccc(F)cc2)o1.Cl. The number of furan rings is 1. The Morgan fingerprint density at radius 3 is 2.74 bits per heavy atom. The highest BCUT2D eigenvalue weighted by atomic mass is 35.5. The summed E-state index contributed by atoms with van der Waals surface area (Å²) in [5.74, 6) is 0.541. The quantitative estimate of drug-likeness (QED) is 0.930. The number of likely N-dealkylation sites (tertiary alicyclic amines) is 1. The molecular weight excluding hydrogens is 319 g/mol. The van der Waals surface area contributed by atoms with E-state index in [2.05, 4.69) is 5.32 Å². The Labute approximate surface area is 141 Å². The van der Waals surface area contributed by atoms with Gasteiger partial charge in [0.15, 0.2) is 5.76 Å². The highest BCUT2D eigenvalue weighted by Gasteiger charge is 2.30. The van der Waals surface area contributed by atoms with E-state index < -0.39 is 0 Å². The van der Waals surface area contributed by atoms with Crippen LogP contribution in [0.1, 0.15) is 23.4 Å². The number of benzene rings is 1. The molecule has 1 unspecified atom stereocenters. The van der Waals surface area contributed by atoms with Crippen molar-refractivity contribution < 1.29 is 13.6 Å². The number of nitrogens with one attached hydrogen (secondary N) is 1. The molecule has 2 aromatic rings. The lowest BCUT2D eigenvalue weighted by Crippen LogP contribution is -2.40. The molecule has 1 fully saturated rings. The lowest BCUT2D eigenvalue weighted by atomic mass is 10.2. The number of halogens is 2. The summed E-state index contributed by atoms with van der Waals surface area (Å²) in [6.07, 6.45) is 2.03. The van der Waals surface area contributed by atoms with E-state index in [-0.39, 0.29) is 30.2 Å². The third kappa shape index (κ3) is 3.74. The molecule has 1 atom stereocenters. The average Bonchev–Trinajstić information content (AvgIpc) is 3.17. The number of likely N-dealkylation sites (N-methyl/N-ethyl adjacent to an activating group) is 1. The van der Waals surface area contributed by atoms with Gasteiger partial charge in [0.2, 0.25) is 0 Å². The average molecular weight is 339 g/mol. The first-order chi connectivity index (χ1) is 10.7. The standard InChI is InChI=1S/C17H19FN2O2.ClH/c1-19-11-14-3-2-10-20(14)17(21)16-9-8-15(22-16)12-4-6-13(18)7-5-12;/h4-9,14,19H,2-3,10-11H2,1H3;1H. The third-order valence-electron chi connectivity index (χ3n) is 4.02. The lowest BCUT2D eigenvalue weighted by Gasteiger charge is -2.23. The van der Waals surface area contributed by atoms with Gasteiger partial charge in [0, 0.05) is 24.7 Å². The predicted molar refractivity (Wildman–Crippen MR) is 89.3 cm³/mol. The van der Waals surface area contributed by atoms with Crippen LogP contribution in [0.15, 0.2) is 40.8 Å².